The van der Waals surface area contributed by atoms with Gasteiger partial charge in [-0.1, -0.05) is 13.8 Å². The average molecular weight is 286 g/mol. The van der Waals surface area contributed by atoms with Gasteiger partial charge in [0.1, 0.15) is 13.2 Å². The van der Waals surface area contributed by atoms with Gasteiger partial charge in [-0.25, -0.2) is 0 Å². The Morgan fingerprint density at radius 1 is 1.31 bits per heavy atom. The van der Waals surface area contributed by atoms with Crippen LogP contribution in [0.2, 0.25) is 0 Å². The molecule has 0 saturated carbocycles. The number of rotatable bonds is 2. The number of benzene rings is 1. The number of fused-ring (bicyclic) bond motifs is 1. The Labute approximate surface area is 104 Å². The van der Waals surface area contributed by atoms with Crippen LogP contribution in [0, 0.1) is 0 Å². The van der Waals surface area contributed by atoms with Gasteiger partial charge in [-0.3, -0.25) is 0 Å². The van der Waals surface area contributed by atoms with Crippen molar-refractivity contribution in [2.75, 3.05) is 19.8 Å². The van der Waals surface area contributed by atoms with E-state index in [1.165, 1.54) is 0 Å². The zero-order chi connectivity index (χ0) is 11.8. The van der Waals surface area contributed by atoms with Crippen LogP contribution in [0.15, 0.2) is 16.6 Å². The summed E-state index contributed by atoms with van der Waals surface area (Å²) in [4.78, 5) is 0. The first-order chi connectivity index (χ1) is 7.54. The summed E-state index contributed by atoms with van der Waals surface area (Å²) in [5.41, 5.74) is 6.88. The van der Waals surface area contributed by atoms with E-state index in [2.05, 4.69) is 35.8 Å². The maximum absolute atomic E-state index is 5.78. The van der Waals surface area contributed by atoms with Crippen LogP contribution in [0.1, 0.15) is 19.4 Å². The number of ether oxygens (including phenoxy) is 2. The molecular formula is C12H16BrNO2. The fourth-order valence-corrected chi connectivity index (χ4v) is 2.18. The first kappa shape index (κ1) is 11.7. The van der Waals surface area contributed by atoms with Gasteiger partial charge in [-0.15, -0.1) is 0 Å². The Kier molecular flexibility index (Phi) is 3.13. The van der Waals surface area contributed by atoms with Gasteiger partial charge in [0.05, 0.1) is 4.47 Å². The Morgan fingerprint density at radius 3 is 2.69 bits per heavy atom. The van der Waals surface area contributed by atoms with E-state index in [0.29, 0.717) is 19.8 Å². The van der Waals surface area contributed by atoms with E-state index in [-0.39, 0.29) is 5.41 Å². The highest BCUT2D eigenvalue weighted by atomic mass is 79.9. The van der Waals surface area contributed by atoms with Crippen molar-refractivity contribution in [3.05, 3.63) is 22.2 Å². The standard InChI is InChI=1S/C12H16BrNO2/c1-12(2,7-14)8-5-9(13)11-10(6-8)15-3-4-16-11/h5-6H,3-4,7,14H2,1-2H3. The van der Waals surface area contributed by atoms with Crippen molar-refractivity contribution in [3.63, 3.8) is 0 Å². The molecule has 1 heterocycles. The van der Waals surface area contributed by atoms with Crippen LogP contribution in [0.4, 0.5) is 0 Å². The fraction of sp³-hybridized carbons (Fsp3) is 0.500. The molecule has 0 atom stereocenters. The Bertz CT molecular complexity index is 404. The molecule has 0 unspecified atom stereocenters. The summed E-state index contributed by atoms with van der Waals surface area (Å²) in [6, 6.07) is 4.08. The topological polar surface area (TPSA) is 44.5 Å². The molecule has 3 nitrogen and oxygen atoms in total. The molecule has 88 valence electrons. The van der Waals surface area contributed by atoms with Crippen LogP contribution in [0.5, 0.6) is 11.5 Å². The molecule has 0 aromatic heterocycles. The van der Waals surface area contributed by atoms with E-state index in [9.17, 15) is 0 Å². The second-order valence-electron chi connectivity index (χ2n) is 4.57. The van der Waals surface area contributed by atoms with Crippen molar-refractivity contribution in [1.29, 1.82) is 0 Å². The van der Waals surface area contributed by atoms with E-state index in [1.54, 1.807) is 0 Å². The Morgan fingerprint density at radius 2 is 2.00 bits per heavy atom. The monoisotopic (exact) mass is 285 g/mol. The molecule has 1 aromatic rings. The summed E-state index contributed by atoms with van der Waals surface area (Å²) < 4.78 is 12.1. The van der Waals surface area contributed by atoms with Crippen molar-refractivity contribution < 1.29 is 9.47 Å². The zero-order valence-corrected chi connectivity index (χ0v) is 11.1. The SMILES string of the molecule is CC(C)(CN)c1cc(Br)c2c(c1)OCCO2. The summed E-state index contributed by atoms with van der Waals surface area (Å²) in [6.45, 7) is 6.03. The summed E-state index contributed by atoms with van der Waals surface area (Å²) >= 11 is 3.51. The lowest BCUT2D eigenvalue weighted by atomic mass is 9.84. The molecule has 1 aliphatic rings. The summed E-state index contributed by atoms with van der Waals surface area (Å²) in [5.74, 6) is 1.60. The smallest absolute Gasteiger partial charge is 0.175 e. The number of hydrogen-bond donors (Lipinski definition) is 1. The second-order valence-corrected chi connectivity index (χ2v) is 5.42. The van der Waals surface area contributed by atoms with Crippen molar-refractivity contribution in [2.45, 2.75) is 19.3 Å². The third-order valence-electron chi connectivity index (χ3n) is 2.89. The van der Waals surface area contributed by atoms with Crippen LogP contribution < -0.4 is 15.2 Å². The average Bonchev–Trinajstić information content (AvgIpc) is 2.29. The van der Waals surface area contributed by atoms with Gasteiger partial charge in [-0.2, -0.15) is 0 Å². The summed E-state index contributed by atoms with van der Waals surface area (Å²) in [7, 11) is 0. The van der Waals surface area contributed by atoms with E-state index >= 15 is 0 Å². The highest BCUT2D eigenvalue weighted by molar-refractivity contribution is 9.10. The Hall–Kier alpha value is -0.740. The highest BCUT2D eigenvalue weighted by Crippen LogP contribution is 2.41. The van der Waals surface area contributed by atoms with E-state index in [0.717, 1.165) is 21.5 Å². The van der Waals surface area contributed by atoms with Crippen LogP contribution in [0.25, 0.3) is 0 Å². The molecule has 0 fully saturated rings. The Balaban J connectivity index is 2.47. The lowest BCUT2D eigenvalue weighted by molar-refractivity contribution is 0.170. The van der Waals surface area contributed by atoms with Crippen molar-refractivity contribution in [1.82, 2.24) is 0 Å². The minimum absolute atomic E-state index is 0.0572. The number of nitrogens with two attached hydrogens (primary N) is 1. The quantitative estimate of drug-likeness (QED) is 0.908. The molecule has 0 saturated heterocycles. The first-order valence-electron chi connectivity index (χ1n) is 5.34. The molecule has 1 aliphatic heterocycles. The predicted octanol–water partition coefficient (Wildman–Crippen LogP) is 2.46. The van der Waals surface area contributed by atoms with Crippen LogP contribution in [0.3, 0.4) is 0 Å². The fourth-order valence-electron chi connectivity index (χ4n) is 1.62. The van der Waals surface area contributed by atoms with Gasteiger partial charge in [-0.05, 0) is 33.6 Å². The maximum atomic E-state index is 5.78. The minimum atomic E-state index is -0.0572. The molecule has 0 spiro atoms. The number of hydrogen-bond acceptors (Lipinski definition) is 3. The lowest BCUT2D eigenvalue weighted by Gasteiger charge is -2.27. The largest absolute Gasteiger partial charge is 0.486 e. The van der Waals surface area contributed by atoms with E-state index in [4.69, 9.17) is 15.2 Å². The van der Waals surface area contributed by atoms with Gasteiger partial charge in [0.15, 0.2) is 11.5 Å². The third kappa shape index (κ3) is 2.04. The van der Waals surface area contributed by atoms with Crippen LogP contribution >= 0.6 is 15.9 Å². The van der Waals surface area contributed by atoms with Gasteiger partial charge < -0.3 is 15.2 Å². The van der Waals surface area contributed by atoms with Crippen molar-refractivity contribution in [3.8, 4) is 11.5 Å². The second kappa shape index (κ2) is 4.26. The van der Waals surface area contributed by atoms with Crippen molar-refractivity contribution in [2.24, 2.45) is 5.73 Å². The molecule has 2 rings (SSSR count). The predicted molar refractivity (Wildman–Crippen MR) is 67.2 cm³/mol. The van der Waals surface area contributed by atoms with Gasteiger partial charge >= 0.3 is 0 Å². The molecule has 0 aliphatic carbocycles. The van der Waals surface area contributed by atoms with Gasteiger partial charge in [0, 0.05) is 12.0 Å². The van der Waals surface area contributed by atoms with Crippen LogP contribution in [-0.2, 0) is 5.41 Å². The van der Waals surface area contributed by atoms with Gasteiger partial charge in [0.2, 0.25) is 0 Å². The molecule has 2 N–H and O–H groups in total. The highest BCUT2D eigenvalue weighted by Gasteiger charge is 2.24. The van der Waals surface area contributed by atoms with Gasteiger partial charge in [0.25, 0.3) is 0 Å². The molecule has 0 amide bonds. The van der Waals surface area contributed by atoms with E-state index in [1.807, 2.05) is 6.07 Å². The normalized spacial score (nSPS) is 15.0. The molecule has 16 heavy (non-hydrogen) atoms. The van der Waals surface area contributed by atoms with Crippen molar-refractivity contribution >= 4 is 15.9 Å². The molecule has 1 aromatic carbocycles. The lowest BCUT2D eigenvalue weighted by Crippen LogP contribution is -2.28. The zero-order valence-electron chi connectivity index (χ0n) is 9.55. The minimum Gasteiger partial charge on any atom is -0.486 e. The molecular weight excluding hydrogens is 270 g/mol. The summed E-state index contributed by atoms with van der Waals surface area (Å²) in [5, 5.41) is 0. The number of halogens is 1. The third-order valence-corrected chi connectivity index (χ3v) is 3.48. The van der Waals surface area contributed by atoms with Crippen LogP contribution in [-0.4, -0.2) is 19.8 Å². The maximum Gasteiger partial charge on any atom is 0.175 e. The van der Waals surface area contributed by atoms with E-state index < -0.39 is 0 Å². The first-order valence-corrected chi connectivity index (χ1v) is 6.13. The summed E-state index contributed by atoms with van der Waals surface area (Å²) in [6.07, 6.45) is 0. The molecule has 0 bridgehead atoms. The molecule has 4 heteroatoms. The molecule has 0 radical (unpaired) electrons.